The van der Waals surface area contributed by atoms with Crippen LogP contribution in [0.4, 0.5) is 4.39 Å². The second kappa shape index (κ2) is 11.0. The number of hydrogen-bond acceptors (Lipinski definition) is 6. The minimum atomic E-state index is -0.383. The summed E-state index contributed by atoms with van der Waals surface area (Å²) in [5.74, 6) is 0.935. The largest absolute Gasteiger partial charge is 0.494 e. The predicted molar refractivity (Wildman–Crippen MR) is 132 cm³/mol. The Labute approximate surface area is 203 Å². The van der Waals surface area contributed by atoms with Gasteiger partial charge in [0.2, 0.25) is 5.91 Å². The van der Waals surface area contributed by atoms with Crippen LogP contribution in [-0.2, 0) is 4.79 Å². The lowest BCUT2D eigenvalue weighted by Gasteiger charge is -2.35. The van der Waals surface area contributed by atoms with Gasteiger partial charge in [-0.3, -0.25) is 9.36 Å². The smallest absolute Gasteiger partial charge is 0.235 e. The maximum absolute atomic E-state index is 14.9. The van der Waals surface area contributed by atoms with Crippen LogP contribution in [0.25, 0.3) is 17.1 Å². The average molecular weight is 484 g/mol. The molecule has 0 saturated carbocycles. The van der Waals surface area contributed by atoms with E-state index in [1.165, 1.54) is 17.8 Å². The lowest BCUT2D eigenvalue weighted by atomic mass is 10.2. The van der Waals surface area contributed by atoms with E-state index in [0.29, 0.717) is 23.3 Å². The molecule has 1 aliphatic rings. The summed E-state index contributed by atoms with van der Waals surface area (Å²) >= 11 is 1.30. The fourth-order valence-corrected chi connectivity index (χ4v) is 4.94. The maximum Gasteiger partial charge on any atom is 0.235 e. The molecule has 1 unspecified atom stereocenters. The van der Waals surface area contributed by atoms with Gasteiger partial charge in [0.05, 0.1) is 17.5 Å². The van der Waals surface area contributed by atoms with E-state index in [9.17, 15) is 9.18 Å². The molecule has 0 aliphatic carbocycles. The molecule has 0 spiro atoms. The lowest BCUT2D eigenvalue weighted by Crippen LogP contribution is -2.50. The molecule has 4 rings (SSSR count). The first-order valence-corrected chi connectivity index (χ1v) is 12.5. The third kappa shape index (κ3) is 5.26. The SMILES string of the molecule is CCOc1ccc(-c2nnc(SC(C)C(=O)N3CCN(CC)CC3)n2-c2ccccc2F)cc1. The number of thioether (sulfide) groups is 1. The van der Waals surface area contributed by atoms with Crippen LogP contribution in [0.15, 0.2) is 53.7 Å². The van der Waals surface area contributed by atoms with Crippen LogP contribution in [0, 0.1) is 5.82 Å². The van der Waals surface area contributed by atoms with Gasteiger partial charge in [-0.15, -0.1) is 10.2 Å². The summed E-state index contributed by atoms with van der Waals surface area (Å²) < 4.78 is 22.1. The zero-order valence-corrected chi connectivity index (χ0v) is 20.6. The third-order valence-corrected chi connectivity index (χ3v) is 6.94. The molecule has 34 heavy (non-hydrogen) atoms. The summed E-state index contributed by atoms with van der Waals surface area (Å²) in [6.07, 6.45) is 0. The second-order valence-corrected chi connectivity index (χ2v) is 9.38. The molecular weight excluding hydrogens is 453 g/mol. The number of carbonyl (C=O) groups excluding carboxylic acids is 1. The van der Waals surface area contributed by atoms with Crippen LogP contribution < -0.4 is 4.74 Å². The van der Waals surface area contributed by atoms with Crippen molar-refractivity contribution >= 4 is 17.7 Å². The van der Waals surface area contributed by atoms with Crippen molar-refractivity contribution in [1.82, 2.24) is 24.6 Å². The molecule has 1 fully saturated rings. The Kier molecular flexibility index (Phi) is 7.84. The van der Waals surface area contributed by atoms with Gasteiger partial charge in [0.15, 0.2) is 11.0 Å². The van der Waals surface area contributed by atoms with Gasteiger partial charge < -0.3 is 14.5 Å². The van der Waals surface area contributed by atoms with Gasteiger partial charge in [-0.05, 0) is 56.8 Å². The molecule has 1 saturated heterocycles. The molecule has 180 valence electrons. The Morgan fingerprint density at radius 2 is 1.76 bits per heavy atom. The minimum Gasteiger partial charge on any atom is -0.494 e. The van der Waals surface area contributed by atoms with Gasteiger partial charge >= 0.3 is 0 Å². The highest BCUT2D eigenvalue weighted by Crippen LogP contribution is 2.32. The Morgan fingerprint density at radius 1 is 1.06 bits per heavy atom. The molecule has 0 radical (unpaired) electrons. The van der Waals surface area contributed by atoms with Crippen molar-refractivity contribution in [3.05, 3.63) is 54.3 Å². The van der Waals surface area contributed by atoms with E-state index in [4.69, 9.17) is 4.74 Å². The summed E-state index contributed by atoms with van der Waals surface area (Å²) in [7, 11) is 0. The first-order valence-electron chi connectivity index (χ1n) is 11.6. The number of rotatable bonds is 8. The highest BCUT2D eigenvalue weighted by Gasteiger charge is 2.28. The molecule has 7 nitrogen and oxygen atoms in total. The third-order valence-electron chi connectivity index (χ3n) is 5.91. The Hall–Kier alpha value is -2.91. The number of amides is 1. The van der Waals surface area contributed by atoms with Gasteiger partial charge in [0.25, 0.3) is 0 Å². The molecule has 0 N–H and O–H groups in total. The first-order chi connectivity index (χ1) is 16.5. The van der Waals surface area contributed by atoms with E-state index in [1.807, 2.05) is 43.0 Å². The fraction of sp³-hybridized carbons (Fsp3) is 0.400. The number of halogens is 1. The highest BCUT2D eigenvalue weighted by molar-refractivity contribution is 8.00. The second-order valence-electron chi connectivity index (χ2n) is 8.07. The van der Waals surface area contributed by atoms with Gasteiger partial charge in [-0.1, -0.05) is 30.8 Å². The molecule has 3 aromatic rings. The van der Waals surface area contributed by atoms with Gasteiger partial charge in [0.1, 0.15) is 11.6 Å². The number of piperazine rings is 1. The van der Waals surface area contributed by atoms with Crippen molar-refractivity contribution in [3.63, 3.8) is 0 Å². The van der Waals surface area contributed by atoms with E-state index in [-0.39, 0.29) is 17.0 Å². The van der Waals surface area contributed by atoms with Gasteiger partial charge in [-0.2, -0.15) is 0 Å². The molecule has 2 aromatic carbocycles. The van der Waals surface area contributed by atoms with E-state index in [0.717, 1.165) is 44.0 Å². The lowest BCUT2D eigenvalue weighted by molar-refractivity contribution is -0.132. The number of likely N-dealkylation sites (N-methyl/N-ethyl adjacent to an activating group) is 1. The molecule has 9 heteroatoms. The molecule has 0 bridgehead atoms. The van der Waals surface area contributed by atoms with Crippen LogP contribution in [0.2, 0.25) is 0 Å². The van der Waals surface area contributed by atoms with Crippen LogP contribution in [0.3, 0.4) is 0 Å². The molecular formula is C25H30FN5O2S. The van der Waals surface area contributed by atoms with Gasteiger partial charge in [0, 0.05) is 31.7 Å². The summed E-state index contributed by atoms with van der Waals surface area (Å²) in [6.45, 7) is 10.7. The number of hydrogen-bond donors (Lipinski definition) is 0. The molecule has 1 atom stereocenters. The first kappa shape index (κ1) is 24.2. The maximum atomic E-state index is 14.9. The number of aromatic nitrogens is 3. The van der Waals surface area contributed by atoms with Crippen molar-refractivity contribution in [2.75, 3.05) is 39.3 Å². The Bertz CT molecular complexity index is 1110. The summed E-state index contributed by atoms with van der Waals surface area (Å²) in [5.41, 5.74) is 1.12. The molecule has 2 heterocycles. The number of para-hydroxylation sites is 1. The Balaban J connectivity index is 1.62. The monoisotopic (exact) mass is 483 g/mol. The zero-order chi connectivity index (χ0) is 24.1. The predicted octanol–water partition coefficient (Wildman–Crippen LogP) is 4.12. The topological polar surface area (TPSA) is 63.5 Å². The normalized spacial score (nSPS) is 15.4. The standard InChI is InChI=1S/C25H30FN5O2S/c1-4-29-14-16-30(17-15-29)24(32)18(3)34-25-28-27-23(19-10-12-20(13-11-19)33-5-2)31(25)22-9-7-6-8-21(22)26/h6-13,18H,4-5,14-17H2,1-3H3. The Morgan fingerprint density at radius 3 is 2.41 bits per heavy atom. The van der Waals surface area contributed by atoms with Crippen molar-refractivity contribution in [2.24, 2.45) is 0 Å². The van der Waals surface area contributed by atoms with Crippen LogP contribution in [0.1, 0.15) is 20.8 Å². The van der Waals surface area contributed by atoms with E-state index in [2.05, 4.69) is 22.0 Å². The molecule has 1 aromatic heterocycles. The highest BCUT2D eigenvalue weighted by atomic mass is 32.2. The fourth-order valence-electron chi connectivity index (χ4n) is 4.00. The quantitative estimate of drug-likeness (QED) is 0.449. The number of carbonyl (C=O) groups is 1. The molecule has 1 amide bonds. The number of benzene rings is 2. The number of ether oxygens (including phenoxy) is 1. The van der Waals surface area contributed by atoms with Gasteiger partial charge in [-0.25, -0.2) is 4.39 Å². The van der Waals surface area contributed by atoms with E-state index in [1.54, 1.807) is 22.8 Å². The van der Waals surface area contributed by atoms with Crippen LogP contribution >= 0.6 is 11.8 Å². The average Bonchev–Trinajstić information content (AvgIpc) is 3.27. The summed E-state index contributed by atoms with van der Waals surface area (Å²) in [5, 5.41) is 8.83. The summed E-state index contributed by atoms with van der Waals surface area (Å²) in [4.78, 5) is 17.4. The van der Waals surface area contributed by atoms with Crippen molar-refractivity contribution in [3.8, 4) is 22.8 Å². The van der Waals surface area contributed by atoms with Crippen molar-refractivity contribution in [1.29, 1.82) is 0 Å². The van der Waals surface area contributed by atoms with Crippen molar-refractivity contribution < 1.29 is 13.9 Å². The minimum absolute atomic E-state index is 0.0615. The summed E-state index contributed by atoms with van der Waals surface area (Å²) in [6, 6.07) is 14.0. The van der Waals surface area contributed by atoms with Crippen LogP contribution in [-0.4, -0.2) is 75.1 Å². The van der Waals surface area contributed by atoms with Crippen LogP contribution in [0.5, 0.6) is 5.75 Å². The van der Waals surface area contributed by atoms with Crippen molar-refractivity contribution in [2.45, 2.75) is 31.2 Å². The molecule has 1 aliphatic heterocycles. The van der Waals surface area contributed by atoms with E-state index >= 15 is 0 Å². The number of nitrogens with zero attached hydrogens (tertiary/aromatic N) is 5. The van der Waals surface area contributed by atoms with E-state index < -0.39 is 0 Å². The zero-order valence-electron chi connectivity index (χ0n) is 19.8.